The summed E-state index contributed by atoms with van der Waals surface area (Å²) in [5.41, 5.74) is 3.37. The van der Waals surface area contributed by atoms with Crippen LogP contribution in [0.15, 0.2) is 12.4 Å². The van der Waals surface area contributed by atoms with Gasteiger partial charge in [0.1, 0.15) is 5.82 Å². The van der Waals surface area contributed by atoms with Crippen LogP contribution in [0.5, 0.6) is 0 Å². The van der Waals surface area contributed by atoms with Gasteiger partial charge in [-0.3, -0.25) is 9.48 Å². The van der Waals surface area contributed by atoms with E-state index in [1.807, 2.05) is 42.9 Å². The van der Waals surface area contributed by atoms with Crippen molar-refractivity contribution < 1.29 is 4.79 Å². The lowest BCUT2D eigenvalue weighted by Crippen LogP contribution is -2.28. The second-order valence-corrected chi connectivity index (χ2v) is 6.16. The average Bonchev–Trinajstić information content (AvgIpc) is 3.20. The molecule has 0 saturated carbocycles. The number of likely N-dealkylation sites (tertiary alicyclic amines) is 1. The molecular weight excluding hydrogens is 278 g/mol. The van der Waals surface area contributed by atoms with Crippen LogP contribution in [0.2, 0.25) is 0 Å². The highest BCUT2D eigenvalue weighted by Crippen LogP contribution is 2.25. The summed E-state index contributed by atoms with van der Waals surface area (Å²) in [4.78, 5) is 22.0. The maximum atomic E-state index is 12.4. The lowest BCUT2D eigenvalue weighted by molar-refractivity contribution is -0.130. The maximum absolute atomic E-state index is 12.4. The molecular formula is C16H23N5O. The Labute approximate surface area is 130 Å². The van der Waals surface area contributed by atoms with Gasteiger partial charge in [0.25, 0.3) is 0 Å². The molecule has 0 spiro atoms. The van der Waals surface area contributed by atoms with Crippen LogP contribution in [0.4, 0.5) is 0 Å². The number of imidazole rings is 1. The zero-order valence-electron chi connectivity index (χ0n) is 13.5. The monoisotopic (exact) mass is 301 g/mol. The van der Waals surface area contributed by atoms with E-state index in [1.54, 1.807) is 0 Å². The Morgan fingerprint density at radius 2 is 2.23 bits per heavy atom. The van der Waals surface area contributed by atoms with Crippen molar-refractivity contribution in [1.29, 1.82) is 0 Å². The first-order valence-electron chi connectivity index (χ1n) is 7.81. The Bertz CT molecular complexity index is 672. The van der Waals surface area contributed by atoms with Gasteiger partial charge < -0.3 is 9.88 Å². The van der Waals surface area contributed by atoms with Gasteiger partial charge in [0.15, 0.2) is 0 Å². The zero-order chi connectivity index (χ0) is 15.7. The van der Waals surface area contributed by atoms with Crippen molar-refractivity contribution >= 4 is 5.91 Å². The molecule has 1 N–H and O–H groups in total. The van der Waals surface area contributed by atoms with E-state index in [2.05, 4.69) is 15.1 Å². The van der Waals surface area contributed by atoms with Gasteiger partial charge in [0, 0.05) is 50.1 Å². The summed E-state index contributed by atoms with van der Waals surface area (Å²) < 4.78 is 1.85. The fourth-order valence-corrected chi connectivity index (χ4v) is 3.04. The normalized spacial score (nSPS) is 18.1. The van der Waals surface area contributed by atoms with E-state index in [0.717, 1.165) is 48.7 Å². The highest BCUT2D eigenvalue weighted by atomic mass is 16.2. The predicted molar refractivity (Wildman–Crippen MR) is 83.5 cm³/mol. The van der Waals surface area contributed by atoms with E-state index < -0.39 is 0 Å². The molecule has 118 valence electrons. The number of rotatable bonds is 4. The predicted octanol–water partition coefficient (Wildman–Crippen LogP) is 1.71. The Morgan fingerprint density at radius 1 is 1.41 bits per heavy atom. The van der Waals surface area contributed by atoms with Crippen LogP contribution >= 0.6 is 0 Å². The first-order valence-corrected chi connectivity index (χ1v) is 7.81. The zero-order valence-corrected chi connectivity index (χ0v) is 13.5. The second kappa shape index (κ2) is 5.94. The van der Waals surface area contributed by atoms with Crippen LogP contribution in [0.1, 0.15) is 41.5 Å². The number of H-pyrrole nitrogens is 1. The molecule has 1 fully saturated rings. The lowest BCUT2D eigenvalue weighted by atomic mass is 10.1. The van der Waals surface area contributed by atoms with E-state index in [0.29, 0.717) is 12.3 Å². The second-order valence-electron chi connectivity index (χ2n) is 6.16. The molecule has 0 radical (unpaired) electrons. The molecule has 3 heterocycles. The molecule has 2 aromatic heterocycles. The highest BCUT2D eigenvalue weighted by molar-refractivity contribution is 5.76. The molecule has 0 bridgehead atoms. The summed E-state index contributed by atoms with van der Waals surface area (Å²) in [6, 6.07) is 0. The van der Waals surface area contributed by atoms with Crippen molar-refractivity contribution in [3.05, 3.63) is 35.2 Å². The van der Waals surface area contributed by atoms with Crippen molar-refractivity contribution in [2.75, 3.05) is 13.1 Å². The quantitative estimate of drug-likeness (QED) is 0.935. The third-order valence-electron chi connectivity index (χ3n) is 4.60. The molecule has 1 aliphatic heterocycles. The minimum atomic E-state index is 0.231. The van der Waals surface area contributed by atoms with Gasteiger partial charge in [-0.1, -0.05) is 0 Å². The third kappa shape index (κ3) is 2.91. The Hall–Kier alpha value is -2.11. The third-order valence-corrected chi connectivity index (χ3v) is 4.60. The number of nitrogens with one attached hydrogen (secondary N) is 1. The lowest BCUT2D eigenvalue weighted by Gasteiger charge is -2.16. The number of carbonyl (C=O) groups is 1. The van der Waals surface area contributed by atoms with Crippen LogP contribution in [-0.4, -0.2) is 43.6 Å². The summed E-state index contributed by atoms with van der Waals surface area (Å²) in [7, 11) is 1.93. The van der Waals surface area contributed by atoms with Gasteiger partial charge in [-0.2, -0.15) is 5.10 Å². The summed E-state index contributed by atoms with van der Waals surface area (Å²) >= 11 is 0. The fraction of sp³-hybridized carbons (Fsp3) is 0.562. The van der Waals surface area contributed by atoms with Crippen molar-refractivity contribution in [3.8, 4) is 0 Å². The topological polar surface area (TPSA) is 66.8 Å². The Kier molecular flexibility index (Phi) is 4.00. The summed E-state index contributed by atoms with van der Waals surface area (Å²) in [6.45, 7) is 5.65. The van der Waals surface area contributed by atoms with Crippen LogP contribution < -0.4 is 0 Å². The minimum Gasteiger partial charge on any atom is -0.346 e. The van der Waals surface area contributed by atoms with Crippen LogP contribution in [0.3, 0.4) is 0 Å². The van der Waals surface area contributed by atoms with Crippen molar-refractivity contribution in [2.24, 2.45) is 7.05 Å². The molecule has 2 aromatic rings. The maximum Gasteiger partial charge on any atom is 0.222 e. The first-order chi connectivity index (χ1) is 10.5. The van der Waals surface area contributed by atoms with Gasteiger partial charge in [-0.25, -0.2) is 4.98 Å². The number of hydrogen-bond acceptors (Lipinski definition) is 3. The summed E-state index contributed by atoms with van der Waals surface area (Å²) in [5.74, 6) is 1.59. The number of carbonyl (C=O) groups excluding carboxylic acids is 1. The Morgan fingerprint density at radius 3 is 2.86 bits per heavy atom. The molecule has 0 aromatic carbocycles. The van der Waals surface area contributed by atoms with E-state index in [4.69, 9.17) is 0 Å². The molecule has 6 heteroatoms. The SMILES string of the molecule is Cc1cnc([C@@H]2CCN(C(=O)CCc3cnn(C)c3C)C2)[nH]1. The van der Waals surface area contributed by atoms with Crippen molar-refractivity contribution in [3.63, 3.8) is 0 Å². The number of nitrogens with zero attached hydrogens (tertiary/aromatic N) is 4. The van der Waals surface area contributed by atoms with Gasteiger partial charge in [0.2, 0.25) is 5.91 Å². The number of amides is 1. The minimum absolute atomic E-state index is 0.231. The van der Waals surface area contributed by atoms with Crippen molar-refractivity contribution in [1.82, 2.24) is 24.6 Å². The standard InChI is InChI=1S/C16H23N5O/c1-11-8-17-16(19-11)14-6-7-21(10-14)15(22)5-4-13-9-18-20(3)12(13)2/h8-9,14H,4-7,10H2,1-3H3,(H,17,19)/t14-/m1/s1. The van der Waals surface area contributed by atoms with Crippen molar-refractivity contribution in [2.45, 2.75) is 39.0 Å². The van der Waals surface area contributed by atoms with Gasteiger partial charge in [0.05, 0.1) is 6.20 Å². The van der Waals surface area contributed by atoms with E-state index in [-0.39, 0.29) is 5.91 Å². The molecule has 1 saturated heterocycles. The molecule has 3 rings (SSSR count). The average molecular weight is 301 g/mol. The van der Waals surface area contributed by atoms with Crippen LogP contribution in [0, 0.1) is 13.8 Å². The van der Waals surface area contributed by atoms with E-state index in [1.165, 1.54) is 0 Å². The number of aromatic nitrogens is 4. The van der Waals surface area contributed by atoms with Crippen LogP contribution in [-0.2, 0) is 18.3 Å². The number of aryl methyl sites for hydroxylation is 3. The molecule has 0 aliphatic carbocycles. The van der Waals surface area contributed by atoms with E-state index >= 15 is 0 Å². The van der Waals surface area contributed by atoms with Gasteiger partial charge in [-0.15, -0.1) is 0 Å². The molecule has 1 atom stereocenters. The molecule has 22 heavy (non-hydrogen) atoms. The largest absolute Gasteiger partial charge is 0.346 e. The van der Waals surface area contributed by atoms with Crippen LogP contribution in [0.25, 0.3) is 0 Å². The van der Waals surface area contributed by atoms with Gasteiger partial charge in [-0.05, 0) is 32.3 Å². The number of hydrogen-bond donors (Lipinski definition) is 1. The number of aromatic amines is 1. The highest BCUT2D eigenvalue weighted by Gasteiger charge is 2.28. The first kappa shape index (κ1) is 14.8. The Balaban J connectivity index is 1.54. The summed E-state index contributed by atoms with van der Waals surface area (Å²) in [5, 5.41) is 4.23. The van der Waals surface area contributed by atoms with Gasteiger partial charge >= 0.3 is 0 Å². The van der Waals surface area contributed by atoms with E-state index in [9.17, 15) is 4.79 Å². The molecule has 6 nitrogen and oxygen atoms in total. The molecule has 1 aliphatic rings. The molecule has 0 unspecified atom stereocenters. The summed E-state index contributed by atoms with van der Waals surface area (Å²) in [6.07, 6.45) is 6.02. The molecule has 1 amide bonds. The smallest absolute Gasteiger partial charge is 0.222 e. The fourth-order valence-electron chi connectivity index (χ4n) is 3.04.